The van der Waals surface area contributed by atoms with Gasteiger partial charge in [0.2, 0.25) is 0 Å². The van der Waals surface area contributed by atoms with Crippen molar-refractivity contribution < 1.29 is 0 Å². The molecule has 1 fully saturated rings. The molecule has 34 heavy (non-hydrogen) atoms. The van der Waals surface area contributed by atoms with Gasteiger partial charge in [-0.1, -0.05) is 6.07 Å². The quantitative estimate of drug-likeness (QED) is 0.402. The molecule has 4 aromatic rings. The Kier molecular flexibility index (Phi) is 6.42. The molecule has 0 N–H and O–H groups in total. The molecule has 6 nitrogen and oxygen atoms in total. The van der Waals surface area contributed by atoms with Gasteiger partial charge >= 0.3 is 0 Å². The monoisotopic (exact) mass is 454 g/mol. The van der Waals surface area contributed by atoms with Crippen molar-refractivity contribution in [2.75, 3.05) is 13.1 Å². The average Bonchev–Trinajstić information content (AvgIpc) is 3.27. The number of nitrogens with zero attached hydrogens (tertiary/aromatic N) is 6. The van der Waals surface area contributed by atoms with Crippen LogP contribution in [0.3, 0.4) is 0 Å². The van der Waals surface area contributed by atoms with Crippen LogP contribution >= 0.6 is 0 Å². The molecule has 0 aromatic carbocycles. The van der Waals surface area contributed by atoms with Crippen molar-refractivity contribution in [1.82, 2.24) is 29.2 Å². The van der Waals surface area contributed by atoms with Gasteiger partial charge in [0.25, 0.3) is 0 Å². The maximum atomic E-state index is 4.81. The zero-order valence-corrected chi connectivity index (χ0v) is 20.7. The topological polar surface area (TPSA) is 59.2 Å². The lowest BCUT2D eigenvalue weighted by atomic mass is 9.93. The Morgan fingerprint density at radius 3 is 2.50 bits per heavy atom. The molecule has 0 spiro atoms. The third kappa shape index (κ3) is 4.60. The van der Waals surface area contributed by atoms with Crippen LogP contribution in [-0.4, -0.2) is 48.4 Å². The van der Waals surface area contributed by atoms with E-state index < -0.39 is 0 Å². The Bertz CT molecular complexity index is 1280. The molecular formula is C28H34N6. The molecule has 0 unspecified atom stereocenters. The Labute approximate surface area is 202 Å². The SMILES string of the molecule is Cc1cc(-c2ncc(CCc3nccn4c(C5CCN(C(C)C)CC5)cnc34)cc2C)ccn1. The second-order valence-corrected chi connectivity index (χ2v) is 9.85. The van der Waals surface area contributed by atoms with E-state index in [0.29, 0.717) is 12.0 Å². The predicted molar refractivity (Wildman–Crippen MR) is 136 cm³/mol. The highest BCUT2D eigenvalue weighted by atomic mass is 15.2. The summed E-state index contributed by atoms with van der Waals surface area (Å²) < 4.78 is 2.27. The predicted octanol–water partition coefficient (Wildman–Crippen LogP) is 5.18. The van der Waals surface area contributed by atoms with E-state index in [1.165, 1.54) is 29.7 Å². The van der Waals surface area contributed by atoms with Gasteiger partial charge in [-0.3, -0.25) is 15.0 Å². The first-order chi connectivity index (χ1) is 16.5. The zero-order chi connectivity index (χ0) is 23.7. The lowest BCUT2D eigenvalue weighted by Gasteiger charge is -2.34. The number of rotatable bonds is 6. The van der Waals surface area contributed by atoms with Crippen molar-refractivity contribution in [2.24, 2.45) is 0 Å². The zero-order valence-electron chi connectivity index (χ0n) is 20.7. The van der Waals surface area contributed by atoms with Crippen molar-refractivity contribution in [3.63, 3.8) is 0 Å². The summed E-state index contributed by atoms with van der Waals surface area (Å²) in [5, 5.41) is 0. The Morgan fingerprint density at radius 2 is 1.76 bits per heavy atom. The third-order valence-electron chi connectivity index (χ3n) is 7.16. The summed E-state index contributed by atoms with van der Waals surface area (Å²) >= 11 is 0. The van der Waals surface area contributed by atoms with Crippen LogP contribution in [0.25, 0.3) is 16.9 Å². The van der Waals surface area contributed by atoms with Crippen LogP contribution in [0.2, 0.25) is 0 Å². The summed E-state index contributed by atoms with van der Waals surface area (Å²) in [5.74, 6) is 0.566. The number of pyridine rings is 2. The highest BCUT2D eigenvalue weighted by Gasteiger charge is 2.24. The molecule has 0 amide bonds. The van der Waals surface area contributed by atoms with Crippen LogP contribution in [0.4, 0.5) is 0 Å². The van der Waals surface area contributed by atoms with Crippen molar-refractivity contribution in [3.05, 3.63) is 77.4 Å². The highest BCUT2D eigenvalue weighted by molar-refractivity contribution is 5.63. The van der Waals surface area contributed by atoms with E-state index in [0.717, 1.165) is 54.2 Å². The molecule has 1 saturated heterocycles. The van der Waals surface area contributed by atoms with Crippen LogP contribution in [0.15, 0.2) is 49.2 Å². The summed E-state index contributed by atoms with van der Waals surface area (Å²) in [7, 11) is 0. The lowest BCUT2D eigenvalue weighted by molar-refractivity contribution is 0.170. The van der Waals surface area contributed by atoms with Gasteiger partial charge in [0.1, 0.15) is 0 Å². The van der Waals surface area contributed by atoms with Gasteiger partial charge in [-0.2, -0.15) is 0 Å². The first-order valence-corrected chi connectivity index (χ1v) is 12.4. The fourth-order valence-corrected chi connectivity index (χ4v) is 5.21. The fourth-order valence-electron chi connectivity index (χ4n) is 5.21. The molecular weight excluding hydrogens is 420 g/mol. The van der Waals surface area contributed by atoms with Gasteiger partial charge in [0, 0.05) is 59.9 Å². The second kappa shape index (κ2) is 9.63. The van der Waals surface area contributed by atoms with E-state index in [1.807, 2.05) is 31.6 Å². The average molecular weight is 455 g/mol. The maximum absolute atomic E-state index is 4.81. The van der Waals surface area contributed by atoms with Crippen LogP contribution < -0.4 is 0 Å². The lowest BCUT2D eigenvalue weighted by Crippen LogP contribution is -2.38. The number of piperidine rings is 1. The van der Waals surface area contributed by atoms with Gasteiger partial charge in [0.15, 0.2) is 5.65 Å². The Morgan fingerprint density at radius 1 is 0.941 bits per heavy atom. The number of imidazole rings is 1. The number of aromatic nitrogens is 5. The van der Waals surface area contributed by atoms with E-state index >= 15 is 0 Å². The van der Waals surface area contributed by atoms with E-state index in [4.69, 9.17) is 15.0 Å². The summed E-state index contributed by atoms with van der Waals surface area (Å²) in [6, 6.07) is 6.98. The number of hydrogen-bond donors (Lipinski definition) is 0. The van der Waals surface area contributed by atoms with Crippen molar-refractivity contribution in [3.8, 4) is 11.3 Å². The van der Waals surface area contributed by atoms with E-state index in [9.17, 15) is 0 Å². The van der Waals surface area contributed by atoms with Crippen LogP contribution in [-0.2, 0) is 12.8 Å². The van der Waals surface area contributed by atoms with Gasteiger partial charge < -0.3 is 9.30 Å². The largest absolute Gasteiger partial charge is 0.301 e. The molecule has 0 atom stereocenters. The summed E-state index contributed by atoms with van der Waals surface area (Å²) in [5.41, 5.74) is 8.94. The van der Waals surface area contributed by atoms with Crippen LogP contribution in [0.1, 0.15) is 60.8 Å². The van der Waals surface area contributed by atoms with E-state index in [-0.39, 0.29) is 0 Å². The number of likely N-dealkylation sites (tertiary alicyclic amines) is 1. The molecule has 6 heteroatoms. The smallest absolute Gasteiger partial charge is 0.158 e. The normalized spacial score (nSPS) is 15.4. The summed E-state index contributed by atoms with van der Waals surface area (Å²) in [6.45, 7) is 11.0. The molecule has 0 bridgehead atoms. The molecule has 1 aliphatic heterocycles. The molecule has 5 heterocycles. The van der Waals surface area contributed by atoms with Crippen molar-refractivity contribution >= 4 is 5.65 Å². The number of aryl methyl sites for hydroxylation is 4. The Hall–Kier alpha value is -3.12. The highest BCUT2D eigenvalue weighted by Crippen LogP contribution is 2.30. The van der Waals surface area contributed by atoms with Crippen LogP contribution in [0, 0.1) is 13.8 Å². The summed E-state index contributed by atoms with van der Waals surface area (Å²) in [4.78, 5) is 21.1. The number of hydrogen-bond acceptors (Lipinski definition) is 5. The molecule has 5 rings (SSSR count). The standard InChI is InChI=1S/C28H34N6/c1-19(2)33-12-8-23(9-13-33)26-18-32-28-25(30-11-14-34(26)28)6-5-22-15-20(3)27(31-17-22)24-7-10-29-21(4)16-24/h7,10-11,14-19,23H,5-6,8-9,12-13H2,1-4H3. The minimum atomic E-state index is 0.566. The van der Waals surface area contributed by atoms with Crippen LogP contribution in [0.5, 0.6) is 0 Å². The molecule has 4 aromatic heterocycles. The molecule has 0 saturated carbocycles. The molecule has 1 aliphatic rings. The molecule has 0 aliphatic carbocycles. The first kappa shape index (κ1) is 22.7. The van der Waals surface area contributed by atoms with Gasteiger partial charge in [-0.25, -0.2) is 4.98 Å². The minimum Gasteiger partial charge on any atom is -0.301 e. The maximum Gasteiger partial charge on any atom is 0.158 e. The number of fused-ring (bicyclic) bond motifs is 1. The molecule has 176 valence electrons. The summed E-state index contributed by atoms with van der Waals surface area (Å²) in [6.07, 6.45) is 14.0. The van der Waals surface area contributed by atoms with E-state index in [1.54, 1.807) is 0 Å². The van der Waals surface area contributed by atoms with Crippen molar-refractivity contribution in [1.29, 1.82) is 0 Å². The fraction of sp³-hybridized carbons (Fsp3) is 0.429. The first-order valence-electron chi connectivity index (χ1n) is 12.4. The second-order valence-electron chi connectivity index (χ2n) is 9.85. The Balaban J connectivity index is 1.31. The third-order valence-corrected chi connectivity index (χ3v) is 7.16. The van der Waals surface area contributed by atoms with E-state index in [2.05, 4.69) is 59.6 Å². The van der Waals surface area contributed by atoms with Crippen molar-refractivity contribution in [2.45, 2.75) is 65.3 Å². The van der Waals surface area contributed by atoms with Gasteiger partial charge in [-0.05, 0) is 89.7 Å². The van der Waals surface area contributed by atoms with Gasteiger partial charge in [-0.15, -0.1) is 0 Å². The molecule has 0 radical (unpaired) electrons. The minimum absolute atomic E-state index is 0.566. The van der Waals surface area contributed by atoms with Gasteiger partial charge in [0.05, 0.1) is 11.4 Å².